The van der Waals surface area contributed by atoms with Crippen molar-refractivity contribution in [2.45, 2.75) is 6.92 Å². The van der Waals surface area contributed by atoms with Crippen LogP contribution in [0.15, 0.2) is 29.4 Å². The molecule has 2 rings (SSSR count). The molecule has 1 aromatic heterocycles. The van der Waals surface area contributed by atoms with Gasteiger partial charge in [-0.1, -0.05) is 23.5 Å². The van der Waals surface area contributed by atoms with Crippen LogP contribution in [0.3, 0.4) is 0 Å². The van der Waals surface area contributed by atoms with E-state index >= 15 is 0 Å². The van der Waals surface area contributed by atoms with Gasteiger partial charge >= 0.3 is 0 Å². The molecule has 3 N–H and O–H groups in total. The van der Waals surface area contributed by atoms with Gasteiger partial charge in [0.1, 0.15) is 4.88 Å². The first kappa shape index (κ1) is 15.0. The number of hydrazone groups is 1. The number of nitrogens with two attached hydrogens (primary N) is 1. The van der Waals surface area contributed by atoms with Gasteiger partial charge in [0.15, 0.2) is 5.13 Å². The third-order valence-electron chi connectivity index (χ3n) is 2.81. The van der Waals surface area contributed by atoms with Crippen LogP contribution in [-0.2, 0) is 0 Å². The van der Waals surface area contributed by atoms with Gasteiger partial charge in [0.2, 0.25) is 0 Å². The van der Waals surface area contributed by atoms with Crippen molar-refractivity contribution >= 4 is 34.3 Å². The number of carbonyl (C=O) groups excluding carboxylic acids is 1. The molecule has 0 unspecified atom stereocenters. The Morgan fingerprint density at radius 1 is 1.38 bits per heavy atom. The zero-order chi connectivity index (χ0) is 15.4. The maximum absolute atomic E-state index is 11.9. The number of aryl methyl sites for hydroxylation is 1. The Balaban J connectivity index is 1.99. The van der Waals surface area contributed by atoms with Gasteiger partial charge in [-0.25, -0.2) is 10.4 Å². The van der Waals surface area contributed by atoms with Crippen molar-refractivity contribution < 1.29 is 4.79 Å². The van der Waals surface area contributed by atoms with E-state index in [2.05, 4.69) is 15.5 Å². The number of anilines is 2. The van der Waals surface area contributed by atoms with Crippen LogP contribution in [0.4, 0.5) is 10.8 Å². The first-order chi connectivity index (χ1) is 9.97. The quantitative estimate of drug-likeness (QED) is 0.667. The fourth-order valence-electron chi connectivity index (χ4n) is 1.70. The van der Waals surface area contributed by atoms with Gasteiger partial charge in [-0.3, -0.25) is 4.79 Å². The fraction of sp³-hybridized carbons (Fsp3) is 0.214. The monoisotopic (exact) mass is 303 g/mol. The lowest BCUT2D eigenvalue weighted by molar-refractivity contribution is 0.0958. The van der Waals surface area contributed by atoms with Gasteiger partial charge in [-0.05, 0) is 24.6 Å². The van der Waals surface area contributed by atoms with Gasteiger partial charge in [-0.2, -0.15) is 5.10 Å². The smallest absolute Gasteiger partial charge is 0.283 e. The lowest BCUT2D eigenvalue weighted by Crippen LogP contribution is -2.17. The topological polar surface area (TPSA) is 83.6 Å². The Kier molecular flexibility index (Phi) is 4.54. The van der Waals surface area contributed by atoms with Gasteiger partial charge < -0.3 is 10.6 Å². The van der Waals surface area contributed by atoms with Crippen LogP contribution in [0.1, 0.15) is 20.9 Å². The second-order valence-corrected chi connectivity index (χ2v) is 5.68. The fourth-order valence-corrected chi connectivity index (χ4v) is 2.43. The molecule has 0 spiro atoms. The number of rotatable bonds is 4. The number of benzene rings is 1. The maximum atomic E-state index is 11.9. The van der Waals surface area contributed by atoms with Crippen LogP contribution < -0.4 is 16.1 Å². The van der Waals surface area contributed by atoms with Crippen LogP contribution in [0.25, 0.3) is 0 Å². The highest BCUT2D eigenvalue weighted by Crippen LogP contribution is 2.19. The average molecular weight is 303 g/mol. The summed E-state index contributed by atoms with van der Waals surface area (Å²) >= 11 is 1.15. The summed E-state index contributed by atoms with van der Waals surface area (Å²) in [6.07, 6.45) is 1.59. The molecule has 7 heteroatoms. The third-order valence-corrected chi connectivity index (χ3v) is 3.79. The summed E-state index contributed by atoms with van der Waals surface area (Å²) in [6, 6.07) is 7.83. The van der Waals surface area contributed by atoms with E-state index in [0.29, 0.717) is 15.7 Å². The van der Waals surface area contributed by atoms with E-state index in [0.717, 1.165) is 22.6 Å². The van der Waals surface area contributed by atoms with E-state index in [1.54, 1.807) is 13.1 Å². The Labute approximate surface area is 127 Å². The van der Waals surface area contributed by atoms with E-state index in [-0.39, 0.29) is 5.91 Å². The number of hydrogen-bond donors (Lipinski definition) is 2. The van der Waals surface area contributed by atoms with E-state index < -0.39 is 0 Å². The molecule has 6 nitrogen and oxygen atoms in total. The highest BCUT2D eigenvalue weighted by atomic mass is 32.1. The molecule has 0 radical (unpaired) electrons. The number of nitrogen functional groups attached to an aromatic ring is 1. The summed E-state index contributed by atoms with van der Waals surface area (Å²) < 4.78 is 0. The van der Waals surface area contributed by atoms with E-state index in [4.69, 9.17) is 5.73 Å². The summed E-state index contributed by atoms with van der Waals surface area (Å²) in [5, 5.41) is 4.32. The highest BCUT2D eigenvalue weighted by molar-refractivity contribution is 7.17. The molecule has 21 heavy (non-hydrogen) atoms. The standard InChI is InChI=1S/C14H17N5OS/c1-9-12(21-14(15)17-9)13(20)18-16-8-10-4-6-11(7-5-10)19(2)3/h4-8H,1-3H3,(H2,15,17)(H,18,20)/b16-8+. The Bertz CT molecular complexity index is 661. The lowest BCUT2D eigenvalue weighted by atomic mass is 10.2. The van der Waals surface area contributed by atoms with Crippen LogP contribution >= 0.6 is 11.3 Å². The molecule has 0 atom stereocenters. The highest BCUT2D eigenvalue weighted by Gasteiger charge is 2.13. The van der Waals surface area contributed by atoms with E-state index in [9.17, 15) is 4.79 Å². The second-order valence-electron chi connectivity index (χ2n) is 4.65. The molecule has 0 saturated heterocycles. The predicted molar refractivity (Wildman–Crippen MR) is 87.1 cm³/mol. The van der Waals surface area contributed by atoms with Gasteiger partial charge in [0.05, 0.1) is 11.9 Å². The normalized spacial score (nSPS) is 10.8. The molecule has 0 fully saturated rings. The lowest BCUT2D eigenvalue weighted by Gasteiger charge is -2.11. The first-order valence-electron chi connectivity index (χ1n) is 6.31. The summed E-state index contributed by atoms with van der Waals surface area (Å²) in [5.74, 6) is -0.303. The molecule has 1 amide bonds. The largest absolute Gasteiger partial charge is 0.378 e. The van der Waals surface area contributed by atoms with Gasteiger partial charge in [0, 0.05) is 19.8 Å². The van der Waals surface area contributed by atoms with Crippen molar-refractivity contribution in [3.05, 3.63) is 40.4 Å². The summed E-state index contributed by atoms with van der Waals surface area (Å²) in [5.41, 5.74) is 10.7. The molecule has 1 aromatic carbocycles. The number of hydrogen-bond acceptors (Lipinski definition) is 6. The van der Waals surface area contributed by atoms with Crippen LogP contribution in [0.2, 0.25) is 0 Å². The molecule has 0 aliphatic rings. The van der Waals surface area contributed by atoms with Crippen molar-refractivity contribution in [3.63, 3.8) is 0 Å². The second kappa shape index (κ2) is 6.36. The molecular formula is C14H17N5OS. The van der Waals surface area contributed by atoms with Crippen molar-refractivity contribution in [2.75, 3.05) is 24.7 Å². The first-order valence-corrected chi connectivity index (χ1v) is 7.12. The van der Waals surface area contributed by atoms with Gasteiger partial charge in [0.25, 0.3) is 5.91 Å². The van der Waals surface area contributed by atoms with Gasteiger partial charge in [-0.15, -0.1) is 0 Å². The Morgan fingerprint density at radius 3 is 2.57 bits per heavy atom. The van der Waals surface area contributed by atoms with Crippen molar-refractivity contribution in [1.29, 1.82) is 0 Å². The zero-order valence-electron chi connectivity index (χ0n) is 12.1. The zero-order valence-corrected chi connectivity index (χ0v) is 12.9. The number of aromatic nitrogens is 1. The minimum absolute atomic E-state index is 0.303. The molecule has 110 valence electrons. The number of carbonyl (C=O) groups is 1. The van der Waals surface area contributed by atoms with Crippen molar-refractivity contribution in [1.82, 2.24) is 10.4 Å². The molecular weight excluding hydrogens is 286 g/mol. The number of nitrogens with one attached hydrogen (secondary N) is 1. The minimum atomic E-state index is -0.303. The number of thiazole rings is 1. The number of amides is 1. The summed E-state index contributed by atoms with van der Waals surface area (Å²) in [6.45, 7) is 1.74. The van der Waals surface area contributed by atoms with E-state index in [1.165, 1.54) is 0 Å². The van der Waals surface area contributed by atoms with Crippen molar-refractivity contribution in [2.24, 2.45) is 5.10 Å². The average Bonchev–Trinajstić information content (AvgIpc) is 2.78. The number of nitrogens with zero attached hydrogens (tertiary/aromatic N) is 3. The summed E-state index contributed by atoms with van der Waals surface area (Å²) in [7, 11) is 3.96. The van der Waals surface area contributed by atoms with Crippen LogP contribution in [-0.4, -0.2) is 31.2 Å². The van der Waals surface area contributed by atoms with Crippen LogP contribution in [0, 0.1) is 6.92 Å². The Morgan fingerprint density at radius 2 is 2.05 bits per heavy atom. The van der Waals surface area contributed by atoms with Crippen LogP contribution in [0.5, 0.6) is 0 Å². The minimum Gasteiger partial charge on any atom is -0.378 e. The molecule has 0 aliphatic heterocycles. The predicted octanol–water partition coefficient (Wildman–Crippen LogP) is 1.86. The Hall–Kier alpha value is -2.41. The molecule has 0 aliphatic carbocycles. The molecule has 0 saturated carbocycles. The third kappa shape index (κ3) is 3.79. The SMILES string of the molecule is Cc1nc(N)sc1C(=O)N/N=C/c1ccc(N(C)C)cc1. The molecule has 1 heterocycles. The molecule has 0 bridgehead atoms. The van der Waals surface area contributed by atoms with Crippen molar-refractivity contribution in [3.8, 4) is 0 Å². The molecule has 2 aromatic rings. The van der Waals surface area contributed by atoms with E-state index in [1.807, 2.05) is 43.3 Å². The maximum Gasteiger partial charge on any atom is 0.283 e. The summed E-state index contributed by atoms with van der Waals surface area (Å²) in [4.78, 5) is 18.4.